The van der Waals surface area contributed by atoms with Crippen LogP contribution in [0.5, 0.6) is 0 Å². The van der Waals surface area contributed by atoms with Crippen molar-refractivity contribution >= 4 is 6.03 Å². The van der Waals surface area contributed by atoms with Gasteiger partial charge in [-0.3, -0.25) is 14.8 Å². The van der Waals surface area contributed by atoms with E-state index in [1.807, 2.05) is 19.1 Å². The summed E-state index contributed by atoms with van der Waals surface area (Å²) in [5.41, 5.74) is 2.22. The molecular weight excluding hydrogens is 290 g/mol. The summed E-state index contributed by atoms with van der Waals surface area (Å²) in [6, 6.07) is 3.79. The zero-order valence-corrected chi connectivity index (χ0v) is 14.7. The standard InChI is InChI=1S/C17H29N5O/c1-14-5-6-18-15(11-14)12-20-16(23)19-7-8-22-10-9-21(4)17(2,3)13-22/h5-6,11H,7-10,12-13H2,1-4H3,(H2,19,20,23). The van der Waals surface area contributed by atoms with Gasteiger partial charge in [0.15, 0.2) is 0 Å². The minimum absolute atomic E-state index is 0.137. The van der Waals surface area contributed by atoms with Crippen molar-refractivity contribution < 1.29 is 4.79 Å². The van der Waals surface area contributed by atoms with Crippen molar-refractivity contribution in [2.24, 2.45) is 0 Å². The van der Waals surface area contributed by atoms with Crippen molar-refractivity contribution in [1.29, 1.82) is 0 Å². The maximum atomic E-state index is 11.8. The van der Waals surface area contributed by atoms with E-state index in [1.54, 1.807) is 6.20 Å². The summed E-state index contributed by atoms with van der Waals surface area (Å²) in [6.45, 7) is 11.7. The van der Waals surface area contributed by atoms with E-state index in [1.165, 1.54) is 0 Å². The second kappa shape index (κ2) is 7.75. The highest BCUT2D eigenvalue weighted by atomic mass is 16.2. The maximum Gasteiger partial charge on any atom is 0.315 e. The van der Waals surface area contributed by atoms with Crippen LogP contribution in [0.3, 0.4) is 0 Å². The summed E-state index contributed by atoms with van der Waals surface area (Å²) in [5, 5.41) is 5.77. The van der Waals surface area contributed by atoms with Gasteiger partial charge in [-0.2, -0.15) is 0 Å². The molecule has 1 aromatic heterocycles. The first kappa shape index (κ1) is 17.7. The van der Waals surface area contributed by atoms with E-state index in [0.717, 1.165) is 37.4 Å². The molecule has 0 spiro atoms. The van der Waals surface area contributed by atoms with E-state index < -0.39 is 0 Å². The smallest absolute Gasteiger partial charge is 0.315 e. The monoisotopic (exact) mass is 319 g/mol. The Balaban J connectivity index is 1.65. The van der Waals surface area contributed by atoms with Crippen LogP contribution in [0.2, 0.25) is 0 Å². The lowest BCUT2D eigenvalue weighted by Gasteiger charge is -2.45. The molecule has 2 amide bonds. The second-order valence-corrected chi connectivity index (χ2v) is 6.94. The van der Waals surface area contributed by atoms with Gasteiger partial charge in [0.2, 0.25) is 0 Å². The second-order valence-electron chi connectivity index (χ2n) is 6.94. The summed E-state index contributed by atoms with van der Waals surface area (Å²) in [4.78, 5) is 20.9. The van der Waals surface area contributed by atoms with Gasteiger partial charge >= 0.3 is 6.03 Å². The molecule has 6 nitrogen and oxygen atoms in total. The number of carbonyl (C=O) groups is 1. The summed E-state index contributed by atoms with van der Waals surface area (Å²) < 4.78 is 0. The Morgan fingerprint density at radius 3 is 2.83 bits per heavy atom. The molecule has 0 saturated carbocycles. The van der Waals surface area contributed by atoms with Gasteiger partial charge in [0.1, 0.15) is 0 Å². The number of carbonyl (C=O) groups excluding carboxylic acids is 1. The van der Waals surface area contributed by atoms with E-state index in [0.29, 0.717) is 13.1 Å². The van der Waals surface area contributed by atoms with Crippen LogP contribution in [0.15, 0.2) is 18.3 Å². The molecule has 1 saturated heterocycles. The first-order valence-electron chi connectivity index (χ1n) is 8.24. The zero-order valence-electron chi connectivity index (χ0n) is 14.7. The van der Waals surface area contributed by atoms with Crippen LogP contribution < -0.4 is 10.6 Å². The fourth-order valence-electron chi connectivity index (χ4n) is 2.79. The normalized spacial score (nSPS) is 18.6. The Kier molecular flexibility index (Phi) is 5.96. The number of urea groups is 1. The fourth-order valence-corrected chi connectivity index (χ4v) is 2.79. The van der Waals surface area contributed by atoms with Crippen LogP contribution in [0, 0.1) is 6.92 Å². The highest BCUT2D eigenvalue weighted by Crippen LogP contribution is 2.18. The predicted molar refractivity (Wildman–Crippen MR) is 92.4 cm³/mol. The van der Waals surface area contributed by atoms with Gasteiger partial charge in [0.05, 0.1) is 12.2 Å². The van der Waals surface area contributed by atoms with Crippen molar-refractivity contribution in [1.82, 2.24) is 25.4 Å². The quantitative estimate of drug-likeness (QED) is 0.856. The molecule has 0 bridgehead atoms. The lowest BCUT2D eigenvalue weighted by atomic mass is 10.00. The molecule has 1 aromatic rings. The Labute approximate surface area is 139 Å². The molecule has 2 rings (SSSR count). The third kappa shape index (κ3) is 5.48. The number of hydrogen-bond donors (Lipinski definition) is 2. The Hall–Kier alpha value is -1.66. The van der Waals surface area contributed by atoms with Gasteiger partial charge < -0.3 is 10.6 Å². The Morgan fingerprint density at radius 1 is 1.35 bits per heavy atom. The lowest BCUT2D eigenvalue weighted by Crippen LogP contribution is -2.58. The third-order valence-electron chi connectivity index (χ3n) is 4.51. The molecule has 0 aromatic carbocycles. The number of aromatic nitrogens is 1. The van der Waals surface area contributed by atoms with Crippen LogP contribution in [0.25, 0.3) is 0 Å². The van der Waals surface area contributed by atoms with Crippen molar-refractivity contribution in [3.05, 3.63) is 29.6 Å². The number of nitrogens with one attached hydrogen (secondary N) is 2. The number of likely N-dealkylation sites (N-methyl/N-ethyl adjacent to an activating group) is 1. The average molecular weight is 319 g/mol. The number of hydrogen-bond acceptors (Lipinski definition) is 4. The first-order valence-corrected chi connectivity index (χ1v) is 8.24. The molecule has 23 heavy (non-hydrogen) atoms. The van der Waals surface area contributed by atoms with Crippen LogP contribution in [-0.4, -0.2) is 66.1 Å². The average Bonchev–Trinajstić information content (AvgIpc) is 2.49. The molecule has 0 radical (unpaired) electrons. The fraction of sp³-hybridized carbons (Fsp3) is 0.647. The lowest BCUT2D eigenvalue weighted by molar-refractivity contribution is 0.0410. The van der Waals surface area contributed by atoms with E-state index in [2.05, 4.69) is 46.3 Å². The van der Waals surface area contributed by atoms with Gasteiger partial charge in [-0.1, -0.05) is 0 Å². The highest BCUT2D eigenvalue weighted by molar-refractivity contribution is 5.73. The predicted octanol–water partition coefficient (Wildman–Crippen LogP) is 1.22. The van der Waals surface area contributed by atoms with Gasteiger partial charge in [0.25, 0.3) is 0 Å². The molecule has 2 heterocycles. The minimum Gasteiger partial charge on any atom is -0.337 e. The van der Waals surface area contributed by atoms with Gasteiger partial charge in [-0.05, 0) is 45.5 Å². The molecule has 2 N–H and O–H groups in total. The van der Waals surface area contributed by atoms with E-state index in [4.69, 9.17) is 0 Å². The highest BCUT2D eigenvalue weighted by Gasteiger charge is 2.30. The van der Waals surface area contributed by atoms with Gasteiger partial charge in [0, 0.05) is 44.5 Å². The number of rotatable bonds is 5. The van der Waals surface area contributed by atoms with Crippen molar-refractivity contribution in [3.8, 4) is 0 Å². The molecule has 128 valence electrons. The third-order valence-corrected chi connectivity index (χ3v) is 4.51. The van der Waals surface area contributed by atoms with Crippen LogP contribution in [-0.2, 0) is 6.54 Å². The number of amides is 2. The Morgan fingerprint density at radius 2 is 2.13 bits per heavy atom. The summed E-state index contributed by atoms with van der Waals surface area (Å²) in [5.74, 6) is 0. The maximum absolute atomic E-state index is 11.8. The largest absolute Gasteiger partial charge is 0.337 e. The van der Waals surface area contributed by atoms with Crippen molar-refractivity contribution in [2.45, 2.75) is 32.9 Å². The minimum atomic E-state index is -0.137. The Bertz CT molecular complexity index is 531. The van der Waals surface area contributed by atoms with E-state index >= 15 is 0 Å². The van der Waals surface area contributed by atoms with Crippen molar-refractivity contribution in [3.63, 3.8) is 0 Å². The van der Waals surface area contributed by atoms with E-state index in [9.17, 15) is 4.79 Å². The molecular formula is C17H29N5O. The first-order chi connectivity index (χ1) is 10.9. The summed E-state index contributed by atoms with van der Waals surface area (Å²) in [6.07, 6.45) is 1.76. The number of aryl methyl sites for hydroxylation is 1. The van der Waals surface area contributed by atoms with E-state index in [-0.39, 0.29) is 11.6 Å². The zero-order chi connectivity index (χ0) is 16.9. The number of nitrogens with zero attached hydrogens (tertiary/aromatic N) is 3. The molecule has 1 aliphatic rings. The number of piperazine rings is 1. The van der Waals surface area contributed by atoms with Gasteiger partial charge in [-0.25, -0.2) is 4.79 Å². The van der Waals surface area contributed by atoms with Crippen LogP contribution in [0.1, 0.15) is 25.1 Å². The van der Waals surface area contributed by atoms with Gasteiger partial charge in [-0.15, -0.1) is 0 Å². The van der Waals surface area contributed by atoms with Crippen LogP contribution >= 0.6 is 0 Å². The molecule has 6 heteroatoms. The number of pyridine rings is 1. The molecule has 0 aliphatic carbocycles. The van der Waals surface area contributed by atoms with Crippen molar-refractivity contribution in [2.75, 3.05) is 39.8 Å². The molecule has 0 atom stereocenters. The molecule has 1 fully saturated rings. The summed E-state index contributed by atoms with van der Waals surface area (Å²) >= 11 is 0. The van der Waals surface area contributed by atoms with Crippen LogP contribution in [0.4, 0.5) is 4.79 Å². The topological polar surface area (TPSA) is 60.5 Å². The molecule has 0 unspecified atom stereocenters. The molecule has 1 aliphatic heterocycles. The summed E-state index contributed by atoms with van der Waals surface area (Å²) in [7, 11) is 2.17. The SMILES string of the molecule is Cc1ccnc(CNC(=O)NCCN2CCN(C)C(C)(C)C2)c1.